The van der Waals surface area contributed by atoms with E-state index in [2.05, 4.69) is 40.7 Å². The van der Waals surface area contributed by atoms with E-state index in [4.69, 9.17) is 4.74 Å². The van der Waals surface area contributed by atoms with Crippen LogP contribution in [0.25, 0.3) is 5.69 Å². The van der Waals surface area contributed by atoms with Crippen molar-refractivity contribution in [3.63, 3.8) is 0 Å². The minimum atomic E-state index is 0.0609. The van der Waals surface area contributed by atoms with Gasteiger partial charge in [0.25, 0.3) is 0 Å². The van der Waals surface area contributed by atoms with Crippen LogP contribution in [0.1, 0.15) is 83.0 Å². The van der Waals surface area contributed by atoms with Crippen molar-refractivity contribution in [2.24, 2.45) is 0 Å². The van der Waals surface area contributed by atoms with E-state index in [0.29, 0.717) is 38.9 Å². The van der Waals surface area contributed by atoms with Gasteiger partial charge in [0.15, 0.2) is 5.16 Å². The summed E-state index contributed by atoms with van der Waals surface area (Å²) in [6, 6.07) is 18.2. The first-order valence-electron chi connectivity index (χ1n) is 15.8. The average molecular weight is 606 g/mol. The van der Waals surface area contributed by atoms with Crippen LogP contribution in [0.15, 0.2) is 59.8 Å². The molecule has 232 valence electrons. The fraction of sp³-hybridized carbons (Fsp3) is 0.529. The molecule has 2 heterocycles. The van der Waals surface area contributed by atoms with E-state index in [0.717, 1.165) is 47.4 Å². The molecular weight excluding hydrogens is 558 g/mol. The van der Waals surface area contributed by atoms with Crippen molar-refractivity contribution in [3.8, 4) is 11.4 Å². The lowest BCUT2D eigenvalue weighted by Crippen LogP contribution is -2.55. The fourth-order valence-electron chi connectivity index (χ4n) is 5.58. The molecule has 0 aliphatic carbocycles. The van der Waals surface area contributed by atoms with Gasteiger partial charge < -0.3 is 14.5 Å². The molecule has 2 aromatic carbocycles. The number of benzene rings is 2. The monoisotopic (exact) mass is 605 g/mol. The summed E-state index contributed by atoms with van der Waals surface area (Å²) in [5, 5.41) is 9.87. The molecule has 2 amide bonds. The Bertz CT molecular complexity index is 1280. The van der Waals surface area contributed by atoms with Crippen molar-refractivity contribution in [2.45, 2.75) is 89.3 Å². The standard InChI is InChI=1S/C34H47N5O3S/c1-4-5-6-7-8-12-16-33(41)38-23-22-37(26-27(38)2)32(40)17-13-24-43-34-36-35-31(25-28-14-10-9-11-15-28)39(34)29-18-20-30(42-3)21-19-29/h9-11,14-15,18-21,27H,4-8,12-13,16-17,22-26H2,1-3H3. The molecule has 8 nitrogen and oxygen atoms in total. The molecule has 0 bridgehead atoms. The zero-order chi connectivity index (χ0) is 30.4. The van der Waals surface area contributed by atoms with E-state index in [-0.39, 0.29) is 17.9 Å². The number of thioether (sulfide) groups is 1. The molecule has 43 heavy (non-hydrogen) atoms. The summed E-state index contributed by atoms with van der Waals surface area (Å²) in [4.78, 5) is 29.7. The third-order valence-corrected chi connectivity index (χ3v) is 9.06. The predicted molar refractivity (Wildman–Crippen MR) is 173 cm³/mol. The van der Waals surface area contributed by atoms with Crippen LogP contribution < -0.4 is 4.74 Å². The Morgan fingerprint density at radius 3 is 2.33 bits per heavy atom. The number of carbonyl (C=O) groups excluding carboxylic acids is 2. The Kier molecular flexibility index (Phi) is 12.9. The molecule has 1 aromatic heterocycles. The van der Waals surface area contributed by atoms with E-state index in [1.54, 1.807) is 18.9 Å². The second-order valence-electron chi connectivity index (χ2n) is 11.3. The Morgan fingerprint density at radius 1 is 0.884 bits per heavy atom. The van der Waals surface area contributed by atoms with Gasteiger partial charge in [-0.15, -0.1) is 10.2 Å². The molecular formula is C34H47N5O3S. The van der Waals surface area contributed by atoms with Gasteiger partial charge in [-0.25, -0.2) is 0 Å². The van der Waals surface area contributed by atoms with Gasteiger partial charge in [0.1, 0.15) is 11.6 Å². The number of ether oxygens (including phenoxy) is 1. The molecule has 0 radical (unpaired) electrons. The number of piperazine rings is 1. The molecule has 1 saturated heterocycles. The van der Waals surface area contributed by atoms with Crippen molar-refractivity contribution in [2.75, 3.05) is 32.5 Å². The van der Waals surface area contributed by atoms with Crippen molar-refractivity contribution in [1.82, 2.24) is 24.6 Å². The number of hydrogen-bond acceptors (Lipinski definition) is 6. The molecule has 1 atom stereocenters. The fourth-order valence-corrected chi connectivity index (χ4v) is 6.49. The number of hydrogen-bond donors (Lipinski definition) is 0. The van der Waals surface area contributed by atoms with Crippen LogP contribution in [0.4, 0.5) is 0 Å². The lowest BCUT2D eigenvalue weighted by Gasteiger charge is -2.40. The summed E-state index contributed by atoms with van der Waals surface area (Å²) in [5.74, 6) is 2.83. The van der Waals surface area contributed by atoms with E-state index >= 15 is 0 Å². The maximum absolute atomic E-state index is 13.1. The van der Waals surface area contributed by atoms with E-state index < -0.39 is 0 Å². The molecule has 0 saturated carbocycles. The van der Waals surface area contributed by atoms with Gasteiger partial charge >= 0.3 is 0 Å². The van der Waals surface area contributed by atoms with E-state index in [9.17, 15) is 9.59 Å². The Labute approximate surface area is 261 Å². The van der Waals surface area contributed by atoms with Crippen molar-refractivity contribution >= 4 is 23.6 Å². The third-order valence-electron chi connectivity index (χ3n) is 8.05. The van der Waals surface area contributed by atoms with Crippen molar-refractivity contribution in [1.29, 1.82) is 0 Å². The predicted octanol–water partition coefficient (Wildman–Crippen LogP) is 6.55. The Balaban J connectivity index is 1.26. The largest absolute Gasteiger partial charge is 0.497 e. The first-order chi connectivity index (χ1) is 21.0. The van der Waals surface area contributed by atoms with Gasteiger partial charge in [0, 0.05) is 56.4 Å². The number of rotatable bonds is 16. The van der Waals surface area contributed by atoms with Gasteiger partial charge in [-0.2, -0.15) is 0 Å². The third kappa shape index (κ3) is 9.58. The second kappa shape index (κ2) is 17.1. The van der Waals surface area contributed by atoms with Crippen LogP contribution in [0, 0.1) is 0 Å². The number of nitrogens with zero attached hydrogens (tertiary/aromatic N) is 5. The molecule has 1 unspecified atom stereocenters. The highest BCUT2D eigenvalue weighted by atomic mass is 32.2. The quantitative estimate of drug-likeness (QED) is 0.136. The molecule has 0 spiro atoms. The highest BCUT2D eigenvalue weighted by molar-refractivity contribution is 7.99. The van der Waals surface area contributed by atoms with Crippen LogP contribution in [0.5, 0.6) is 5.75 Å². The lowest BCUT2D eigenvalue weighted by atomic mass is 10.1. The number of aromatic nitrogens is 3. The van der Waals surface area contributed by atoms with E-state index in [1.807, 2.05) is 52.3 Å². The second-order valence-corrected chi connectivity index (χ2v) is 12.4. The van der Waals surface area contributed by atoms with Crippen LogP contribution >= 0.6 is 11.8 Å². The van der Waals surface area contributed by atoms with Crippen molar-refractivity contribution in [3.05, 3.63) is 66.0 Å². The maximum Gasteiger partial charge on any atom is 0.222 e. The summed E-state index contributed by atoms with van der Waals surface area (Å²) in [6.07, 6.45) is 9.61. The average Bonchev–Trinajstić information content (AvgIpc) is 3.43. The van der Waals surface area contributed by atoms with Gasteiger partial charge in [0.05, 0.1) is 7.11 Å². The van der Waals surface area contributed by atoms with Crippen LogP contribution in [-0.2, 0) is 16.0 Å². The summed E-state index contributed by atoms with van der Waals surface area (Å²) in [6.45, 7) is 6.14. The van der Waals surface area contributed by atoms with Gasteiger partial charge in [-0.3, -0.25) is 14.2 Å². The molecule has 9 heteroatoms. The number of methoxy groups -OCH3 is 1. The maximum atomic E-state index is 13.1. The molecule has 4 rings (SSSR count). The van der Waals surface area contributed by atoms with Gasteiger partial charge in [-0.1, -0.05) is 81.1 Å². The van der Waals surface area contributed by atoms with Crippen molar-refractivity contribution < 1.29 is 14.3 Å². The minimum Gasteiger partial charge on any atom is -0.497 e. The molecule has 1 aliphatic heterocycles. The summed E-state index contributed by atoms with van der Waals surface area (Å²) in [7, 11) is 1.66. The van der Waals surface area contributed by atoms with Crippen LogP contribution in [0.2, 0.25) is 0 Å². The molecule has 1 aliphatic rings. The number of carbonyl (C=O) groups is 2. The number of unbranched alkanes of at least 4 members (excludes halogenated alkanes) is 5. The topological polar surface area (TPSA) is 80.6 Å². The van der Waals surface area contributed by atoms with Crippen LogP contribution in [0.3, 0.4) is 0 Å². The highest BCUT2D eigenvalue weighted by Gasteiger charge is 2.29. The zero-order valence-corrected chi connectivity index (χ0v) is 26.9. The highest BCUT2D eigenvalue weighted by Crippen LogP contribution is 2.26. The molecule has 3 aromatic rings. The van der Waals surface area contributed by atoms with E-state index in [1.165, 1.54) is 31.2 Å². The summed E-state index contributed by atoms with van der Waals surface area (Å²) >= 11 is 1.62. The zero-order valence-electron chi connectivity index (χ0n) is 26.0. The lowest BCUT2D eigenvalue weighted by molar-refractivity contribution is -0.142. The molecule has 1 fully saturated rings. The first-order valence-corrected chi connectivity index (χ1v) is 16.8. The number of amides is 2. The van der Waals surface area contributed by atoms with Crippen LogP contribution in [-0.4, -0.2) is 74.9 Å². The normalized spacial score (nSPS) is 15.1. The minimum absolute atomic E-state index is 0.0609. The smallest absolute Gasteiger partial charge is 0.222 e. The SMILES string of the molecule is CCCCCCCCC(=O)N1CCN(C(=O)CCCSc2nnc(Cc3ccccc3)n2-c2ccc(OC)cc2)CC1C. The van der Waals surface area contributed by atoms with Gasteiger partial charge in [-0.05, 0) is 49.6 Å². The first kappa shape index (κ1) is 32.6. The van der Waals surface area contributed by atoms with Gasteiger partial charge in [0.2, 0.25) is 11.8 Å². The summed E-state index contributed by atoms with van der Waals surface area (Å²) < 4.78 is 7.45. The Morgan fingerprint density at radius 2 is 1.60 bits per heavy atom. The summed E-state index contributed by atoms with van der Waals surface area (Å²) in [5.41, 5.74) is 2.15. The molecule has 0 N–H and O–H groups in total. The Hall–Kier alpha value is -3.33.